The number of ether oxygens (including phenoxy) is 1. The molecule has 0 atom stereocenters. The highest BCUT2D eigenvalue weighted by molar-refractivity contribution is 7.17. The third kappa shape index (κ3) is 2.99. The van der Waals surface area contributed by atoms with Crippen molar-refractivity contribution in [1.82, 2.24) is 4.98 Å². The van der Waals surface area contributed by atoms with Crippen LogP contribution in [0.1, 0.15) is 35.6 Å². The molecule has 3 rings (SSSR count). The van der Waals surface area contributed by atoms with E-state index >= 15 is 0 Å². The second kappa shape index (κ2) is 7.01. The highest BCUT2D eigenvalue weighted by Crippen LogP contribution is 2.40. The van der Waals surface area contributed by atoms with Crippen LogP contribution >= 0.6 is 11.3 Å². The molecule has 0 unspecified atom stereocenters. The molecule has 1 aromatic heterocycles. The van der Waals surface area contributed by atoms with Crippen LogP contribution in [-0.2, 0) is 6.42 Å². The van der Waals surface area contributed by atoms with Crippen molar-refractivity contribution in [3.8, 4) is 16.3 Å². The van der Waals surface area contributed by atoms with E-state index in [1.54, 1.807) is 0 Å². The second-order valence-electron chi connectivity index (χ2n) is 5.46. The van der Waals surface area contributed by atoms with E-state index in [1.165, 1.54) is 11.3 Å². The van der Waals surface area contributed by atoms with Crippen LogP contribution in [0.25, 0.3) is 21.3 Å². The van der Waals surface area contributed by atoms with Crippen LogP contribution in [-0.4, -0.2) is 22.7 Å². The molecule has 5 heteroatoms. The number of aromatic carboxylic acids is 1. The van der Waals surface area contributed by atoms with Gasteiger partial charge in [-0.05, 0) is 29.7 Å². The van der Waals surface area contributed by atoms with Crippen LogP contribution in [0.15, 0.2) is 36.4 Å². The zero-order valence-corrected chi connectivity index (χ0v) is 14.5. The lowest BCUT2D eigenvalue weighted by molar-refractivity contribution is 0.0701. The molecule has 0 aliphatic carbocycles. The number of carboxylic acid groups (broad SMARTS) is 1. The monoisotopic (exact) mass is 341 g/mol. The first-order valence-corrected chi connectivity index (χ1v) is 8.85. The Morgan fingerprint density at radius 1 is 1.21 bits per heavy atom. The number of carboxylic acids is 1. The Kier molecular flexibility index (Phi) is 4.81. The summed E-state index contributed by atoms with van der Waals surface area (Å²) in [6, 6.07) is 12.0. The van der Waals surface area contributed by atoms with Crippen molar-refractivity contribution in [2.75, 3.05) is 6.61 Å². The molecule has 0 fully saturated rings. The molecular weight excluding hydrogens is 322 g/mol. The SMILES string of the molecule is CCCOc1ccc2ccccc2c1-c1nc(CC)c(C(=O)O)s1. The van der Waals surface area contributed by atoms with Gasteiger partial charge in [0, 0.05) is 0 Å². The molecule has 0 saturated carbocycles. The maximum atomic E-state index is 11.5. The normalized spacial score (nSPS) is 10.9. The summed E-state index contributed by atoms with van der Waals surface area (Å²) >= 11 is 1.22. The van der Waals surface area contributed by atoms with E-state index in [1.807, 2.05) is 43.3 Å². The molecule has 0 aliphatic rings. The van der Waals surface area contributed by atoms with Gasteiger partial charge in [0.2, 0.25) is 0 Å². The molecule has 124 valence electrons. The fourth-order valence-electron chi connectivity index (χ4n) is 2.67. The molecule has 0 saturated heterocycles. The average molecular weight is 341 g/mol. The van der Waals surface area contributed by atoms with E-state index in [2.05, 4.69) is 11.9 Å². The molecular formula is C19H19NO3S. The number of nitrogens with zero attached hydrogens (tertiary/aromatic N) is 1. The summed E-state index contributed by atoms with van der Waals surface area (Å²) in [6.45, 7) is 4.59. The largest absolute Gasteiger partial charge is 0.493 e. The highest BCUT2D eigenvalue weighted by Gasteiger charge is 2.20. The van der Waals surface area contributed by atoms with E-state index < -0.39 is 5.97 Å². The summed E-state index contributed by atoms with van der Waals surface area (Å²) in [6.07, 6.45) is 1.50. The van der Waals surface area contributed by atoms with E-state index in [-0.39, 0.29) is 0 Å². The van der Waals surface area contributed by atoms with Gasteiger partial charge < -0.3 is 9.84 Å². The first-order chi connectivity index (χ1) is 11.7. The highest BCUT2D eigenvalue weighted by atomic mass is 32.1. The Bertz CT molecular complexity index is 885. The number of benzene rings is 2. The van der Waals surface area contributed by atoms with Gasteiger partial charge in [0.15, 0.2) is 0 Å². The molecule has 0 spiro atoms. The molecule has 0 amide bonds. The minimum Gasteiger partial charge on any atom is -0.493 e. The van der Waals surface area contributed by atoms with Crippen LogP contribution in [0.3, 0.4) is 0 Å². The minimum atomic E-state index is -0.924. The zero-order valence-electron chi connectivity index (χ0n) is 13.7. The number of carbonyl (C=O) groups is 1. The molecule has 1 N–H and O–H groups in total. The van der Waals surface area contributed by atoms with Gasteiger partial charge in [-0.15, -0.1) is 11.3 Å². The predicted molar refractivity (Wildman–Crippen MR) is 97.2 cm³/mol. The third-order valence-corrected chi connectivity index (χ3v) is 4.90. The van der Waals surface area contributed by atoms with Gasteiger partial charge in [0.1, 0.15) is 15.6 Å². The van der Waals surface area contributed by atoms with Gasteiger partial charge in [-0.1, -0.05) is 44.2 Å². The van der Waals surface area contributed by atoms with Gasteiger partial charge >= 0.3 is 5.97 Å². The number of thiazole rings is 1. The number of hydrogen-bond donors (Lipinski definition) is 1. The molecule has 1 heterocycles. The molecule has 0 radical (unpaired) electrons. The summed E-state index contributed by atoms with van der Waals surface area (Å²) in [7, 11) is 0. The zero-order chi connectivity index (χ0) is 17.1. The number of aryl methyl sites for hydroxylation is 1. The van der Waals surface area contributed by atoms with Crippen molar-refractivity contribution in [3.63, 3.8) is 0 Å². The van der Waals surface area contributed by atoms with Crippen molar-refractivity contribution < 1.29 is 14.6 Å². The summed E-state index contributed by atoms with van der Waals surface area (Å²) in [5.41, 5.74) is 1.51. The van der Waals surface area contributed by atoms with Crippen molar-refractivity contribution in [1.29, 1.82) is 0 Å². The topological polar surface area (TPSA) is 59.4 Å². The summed E-state index contributed by atoms with van der Waals surface area (Å²) < 4.78 is 5.91. The first-order valence-electron chi connectivity index (χ1n) is 8.03. The molecule has 0 bridgehead atoms. The molecule has 4 nitrogen and oxygen atoms in total. The summed E-state index contributed by atoms with van der Waals surface area (Å²) in [5, 5.41) is 12.2. The van der Waals surface area contributed by atoms with E-state index in [0.29, 0.717) is 28.6 Å². The standard InChI is InChI=1S/C19H19NO3S/c1-3-11-23-15-10-9-12-7-5-6-8-13(12)16(15)18-20-14(4-2)17(24-18)19(21)22/h5-10H,3-4,11H2,1-2H3,(H,21,22). The smallest absolute Gasteiger partial charge is 0.347 e. The quantitative estimate of drug-likeness (QED) is 0.684. The van der Waals surface area contributed by atoms with Gasteiger partial charge in [0.05, 0.1) is 17.9 Å². The Morgan fingerprint density at radius 2 is 2.00 bits per heavy atom. The molecule has 3 aromatic rings. The van der Waals surface area contributed by atoms with Gasteiger partial charge in [-0.25, -0.2) is 9.78 Å². The predicted octanol–water partition coefficient (Wildman–Crippen LogP) is 5.01. The Balaban J connectivity index is 2.24. The van der Waals surface area contributed by atoms with E-state index in [4.69, 9.17) is 4.74 Å². The average Bonchev–Trinajstić information content (AvgIpc) is 3.03. The van der Waals surface area contributed by atoms with Crippen LogP contribution in [0.2, 0.25) is 0 Å². The van der Waals surface area contributed by atoms with Crippen molar-refractivity contribution in [3.05, 3.63) is 47.0 Å². The maximum absolute atomic E-state index is 11.5. The lowest BCUT2D eigenvalue weighted by Gasteiger charge is -2.12. The lowest BCUT2D eigenvalue weighted by Crippen LogP contribution is -1.98. The Labute approximate surface area is 144 Å². The van der Waals surface area contributed by atoms with E-state index in [9.17, 15) is 9.90 Å². The van der Waals surface area contributed by atoms with Gasteiger partial charge in [-0.2, -0.15) is 0 Å². The van der Waals surface area contributed by atoms with Crippen LogP contribution in [0.4, 0.5) is 0 Å². The van der Waals surface area contributed by atoms with Crippen LogP contribution < -0.4 is 4.74 Å². The van der Waals surface area contributed by atoms with Crippen LogP contribution in [0.5, 0.6) is 5.75 Å². The first kappa shape index (κ1) is 16.5. The van der Waals surface area contributed by atoms with Gasteiger partial charge in [0.25, 0.3) is 0 Å². The fraction of sp³-hybridized carbons (Fsp3) is 0.263. The molecule has 24 heavy (non-hydrogen) atoms. The van der Waals surface area contributed by atoms with E-state index in [0.717, 1.165) is 28.5 Å². The number of hydrogen-bond acceptors (Lipinski definition) is 4. The molecule has 0 aliphatic heterocycles. The number of rotatable bonds is 6. The Morgan fingerprint density at radius 3 is 2.67 bits per heavy atom. The van der Waals surface area contributed by atoms with Crippen molar-refractivity contribution in [2.24, 2.45) is 0 Å². The lowest BCUT2D eigenvalue weighted by atomic mass is 10.0. The fourth-order valence-corrected chi connectivity index (χ4v) is 3.73. The maximum Gasteiger partial charge on any atom is 0.347 e. The number of aromatic nitrogens is 1. The molecule has 2 aromatic carbocycles. The Hall–Kier alpha value is -2.40. The van der Waals surface area contributed by atoms with Gasteiger partial charge in [-0.3, -0.25) is 0 Å². The van der Waals surface area contributed by atoms with Crippen molar-refractivity contribution >= 4 is 28.1 Å². The second-order valence-corrected chi connectivity index (χ2v) is 6.46. The van der Waals surface area contributed by atoms with Crippen LogP contribution in [0, 0.1) is 0 Å². The van der Waals surface area contributed by atoms with Crippen molar-refractivity contribution in [2.45, 2.75) is 26.7 Å². The summed E-state index contributed by atoms with van der Waals surface area (Å²) in [5.74, 6) is -0.171. The third-order valence-electron chi connectivity index (χ3n) is 3.79. The number of fused-ring (bicyclic) bond motifs is 1. The minimum absolute atomic E-state index is 0.307. The summed E-state index contributed by atoms with van der Waals surface area (Å²) in [4.78, 5) is 16.4.